The van der Waals surface area contributed by atoms with Crippen molar-refractivity contribution in [1.82, 2.24) is 10.9 Å². The molecule has 0 saturated heterocycles. The summed E-state index contributed by atoms with van der Waals surface area (Å²) in [5.74, 6) is 1.16. The third-order valence-electron chi connectivity index (χ3n) is 4.56. The average Bonchev–Trinajstić information content (AvgIpc) is 2.82. The van der Waals surface area contributed by atoms with Crippen molar-refractivity contribution < 1.29 is 19.1 Å². The Balaban J connectivity index is 1.48. The lowest BCUT2D eigenvalue weighted by Crippen LogP contribution is -2.42. The number of rotatable bonds is 8. The van der Waals surface area contributed by atoms with E-state index < -0.39 is 0 Å². The fourth-order valence-electron chi connectivity index (χ4n) is 2.87. The number of amides is 2. The van der Waals surface area contributed by atoms with Gasteiger partial charge in [-0.2, -0.15) is 0 Å². The molecule has 0 radical (unpaired) electrons. The van der Waals surface area contributed by atoms with Gasteiger partial charge in [-0.1, -0.05) is 29.8 Å². The number of thioether (sulfide) groups is 1. The second kappa shape index (κ2) is 11.5. The lowest BCUT2D eigenvalue weighted by atomic mass is 10.1. The zero-order chi connectivity index (χ0) is 22.9. The molecule has 0 saturated carbocycles. The van der Waals surface area contributed by atoms with E-state index in [1.807, 2.05) is 36.4 Å². The number of carbonyl (C=O) groups excluding carboxylic acids is 2. The molecule has 0 aliphatic carbocycles. The van der Waals surface area contributed by atoms with E-state index in [2.05, 4.69) is 10.9 Å². The third-order valence-corrected chi connectivity index (χ3v) is 5.90. The lowest BCUT2D eigenvalue weighted by Gasteiger charge is -2.11. The Morgan fingerprint density at radius 3 is 2.16 bits per heavy atom. The summed E-state index contributed by atoms with van der Waals surface area (Å²) in [7, 11) is 3.08. The van der Waals surface area contributed by atoms with Crippen LogP contribution >= 0.6 is 23.4 Å². The van der Waals surface area contributed by atoms with Crippen LogP contribution in [0.15, 0.2) is 71.6 Å². The smallest absolute Gasteiger partial charge is 0.269 e. The fourth-order valence-corrected chi connectivity index (χ4v) is 3.85. The summed E-state index contributed by atoms with van der Waals surface area (Å²) in [6.45, 7) is 0. The second-order valence-corrected chi connectivity index (χ2v) is 8.29. The summed E-state index contributed by atoms with van der Waals surface area (Å²) in [5, 5.41) is 0.709. The van der Waals surface area contributed by atoms with E-state index >= 15 is 0 Å². The van der Waals surface area contributed by atoms with Gasteiger partial charge in [-0.25, -0.2) is 0 Å². The minimum Gasteiger partial charge on any atom is -0.493 e. The minimum absolute atomic E-state index is 0.0848. The van der Waals surface area contributed by atoms with E-state index in [0.29, 0.717) is 22.1 Å². The van der Waals surface area contributed by atoms with Crippen LogP contribution in [0.25, 0.3) is 0 Å². The molecule has 32 heavy (non-hydrogen) atoms. The molecule has 0 atom stereocenters. The summed E-state index contributed by atoms with van der Waals surface area (Å²) in [4.78, 5) is 25.6. The normalized spacial score (nSPS) is 10.3. The lowest BCUT2D eigenvalue weighted by molar-refractivity contribution is -0.121. The van der Waals surface area contributed by atoms with Gasteiger partial charge in [0.2, 0.25) is 5.91 Å². The first-order chi connectivity index (χ1) is 15.5. The monoisotopic (exact) mass is 470 g/mol. The van der Waals surface area contributed by atoms with Crippen LogP contribution in [-0.4, -0.2) is 26.0 Å². The Kier molecular flexibility index (Phi) is 8.41. The molecule has 3 aromatic rings. The summed E-state index contributed by atoms with van der Waals surface area (Å²) in [5.41, 5.74) is 7.15. The molecule has 2 amide bonds. The van der Waals surface area contributed by atoms with Crippen molar-refractivity contribution in [1.29, 1.82) is 0 Å². The topological polar surface area (TPSA) is 76.7 Å². The van der Waals surface area contributed by atoms with Gasteiger partial charge in [0.1, 0.15) is 0 Å². The van der Waals surface area contributed by atoms with Crippen LogP contribution in [0, 0.1) is 0 Å². The molecule has 3 rings (SSSR count). The molecular weight excluding hydrogens is 448 g/mol. The predicted octanol–water partition coefficient (Wildman–Crippen LogP) is 4.65. The highest BCUT2D eigenvalue weighted by atomic mass is 35.5. The summed E-state index contributed by atoms with van der Waals surface area (Å²) in [6, 6.07) is 20.1. The molecule has 0 spiro atoms. The maximum Gasteiger partial charge on any atom is 0.269 e. The number of benzene rings is 3. The maximum atomic E-state index is 12.3. The first kappa shape index (κ1) is 23.5. The number of carbonyl (C=O) groups is 2. The molecule has 0 unspecified atom stereocenters. The van der Waals surface area contributed by atoms with Crippen molar-refractivity contribution in [2.75, 3.05) is 14.2 Å². The Morgan fingerprint density at radius 1 is 0.844 bits per heavy atom. The molecule has 0 fully saturated rings. The van der Waals surface area contributed by atoms with Gasteiger partial charge in [0, 0.05) is 21.2 Å². The molecule has 3 aromatic carbocycles. The minimum atomic E-state index is -0.387. The molecule has 0 bridgehead atoms. The van der Waals surface area contributed by atoms with Gasteiger partial charge < -0.3 is 9.47 Å². The summed E-state index contributed by atoms with van der Waals surface area (Å²) in [6.07, 6.45) is 0.0848. The van der Waals surface area contributed by atoms with Crippen LogP contribution in [0.2, 0.25) is 5.02 Å². The van der Waals surface area contributed by atoms with Crippen LogP contribution in [0.1, 0.15) is 21.5 Å². The van der Waals surface area contributed by atoms with Crippen LogP contribution in [0.5, 0.6) is 11.5 Å². The highest BCUT2D eigenvalue weighted by Gasteiger charge is 2.10. The number of hydrazine groups is 1. The summed E-state index contributed by atoms with van der Waals surface area (Å²) >= 11 is 7.59. The standard InChI is InChI=1S/C24H23ClN2O4S/c1-30-21-12-5-17(13-22(21)31-2)14-23(28)26-27-24(29)18-6-3-16(4-7-18)15-32-20-10-8-19(25)9-11-20/h3-13H,14-15H2,1-2H3,(H,26,28)(H,27,29). The van der Waals surface area contributed by atoms with Gasteiger partial charge >= 0.3 is 0 Å². The highest BCUT2D eigenvalue weighted by molar-refractivity contribution is 7.98. The highest BCUT2D eigenvalue weighted by Crippen LogP contribution is 2.27. The van der Waals surface area contributed by atoms with E-state index in [1.165, 1.54) is 7.11 Å². The fraction of sp³-hybridized carbons (Fsp3) is 0.167. The second-order valence-electron chi connectivity index (χ2n) is 6.81. The van der Waals surface area contributed by atoms with Crippen molar-refractivity contribution in [3.8, 4) is 11.5 Å². The largest absolute Gasteiger partial charge is 0.493 e. The SMILES string of the molecule is COc1ccc(CC(=O)NNC(=O)c2ccc(CSc3ccc(Cl)cc3)cc2)cc1OC. The molecule has 166 valence electrons. The van der Waals surface area contributed by atoms with E-state index in [0.717, 1.165) is 21.8 Å². The van der Waals surface area contributed by atoms with Crippen molar-refractivity contribution in [3.63, 3.8) is 0 Å². The molecule has 6 nitrogen and oxygen atoms in total. The van der Waals surface area contributed by atoms with Crippen LogP contribution in [0.4, 0.5) is 0 Å². The third kappa shape index (κ3) is 6.67. The number of hydrogen-bond acceptors (Lipinski definition) is 5. The van der Waals surface area contributed by atoms with Gasteiger partial charge in [0.15, 0.2) is 11.5 Å². The van der Waals surface area contributed by atoms with E-state index in [1.54, 1.807) is 49.2 Å². The number of hydrogen-bond donors (Lipinski definition) is 2. The van der Waals surface area contributed by atoms with E-state index in [4.69, 9.17) is 21.1 Å². The molecule has 0 aliphatic rings. The molecule has 0 heterocycles. The number of halogens is 1. The van der Waals surface area contributed by atoms with Gasteiger partial charge in [-0.3, -0.25) is 20.4 Å². The number of methoxy groups -OCH3 is 2. The van der Waals surface area contributed by atoms with Crippen LogP contribution in [-0.2, 0) is 17.0 Å². The maximum absolute atomic E-state index is 12.3. The first-order valence-corrected chi connectivity index (χ1v) is 11.1. The molecular formula is C24H23ClN2O4S. The van der Waals surface area contributed by atoms with Crippen molar-refractivity contribution in [2.45, 2.75) is 17.1 Å². The molecule has 8 heteroatoms. The molecule has 2 N–H and O–H groups in total. The van der Waals surface area contributed by atoms with Crippen LogP contribution in [0.3, 0.4) is 0 Å². The summed E-state index contributed by atoms with van der Waals surface area (Å²) < 4.78 is 10.4. The van der Waals surface area contributed by atoms with Gasteiger partial charge in [-0.05, 0) is 59.7 Å². The average molecular weight is 471 g/mol. The van der Waals surface area contributed by atoms with Crippen molar-refractivity contribution in [2.24, 2.45) is 0 Å². The van der Waals surface area contributed by atoms with Gasteiger partial charge in [-0.15, -0.1) is 11.8 Å². The number of ether oxygens (including phenoxy) is 2. The Morgan fingerprint density at radius 2 is 1.50 bits per heavy atom. The van der Waals surface area contributed by atoms with E-state index in [-0.39, 0.29) is 18.2 Å². The van der Waals surface area contributed by atoms with Crippen molar-refractivity contribution in [3.05, 3.63) is 88.4 Å². The first-order valence-electron chi connectivity index (χ1n) is 9.76. The van der Waals surface area contributed by atoms with Crippen LogP contribution < -0.4 is 20.3 Å². The molecule has 0 aromatic heterocycles. The predicted molar refractivity (Wildman–Crippen MR) is 126 cm³/mol. The number of nitrogens with one attached hydrogen (secondary N) is 2. The van der Waals surface area contributed by atoms with E-state index in [9.17, 15) is 9.59 Å². The van der Waals surface area contributed by atoms with Gasteiger partial charge in [0.25, 0.3) is 5.91 Å². The van der Waals surface area contributed by atoms with Gasteiger partial charge in [0.05, 0.1) is 20.6 Å². The quantitative estimate of drug-likeness (QED) is 0.370. The molecule has 0 aliphatic heterocycles. The Bertz CT molecular complexity index is 1070. The zero-order valence-corrected chi connectivity index (χ0v) is 19.3. The Labute approximate surface area is 196 Å². The Hall–Kier alpha value is -3.16. The van der Waals surface area contributed by atoms with Crippen molar-refractivity contribution >= 4 is 35.2 Å². The zero-order valence-electron chi connectivity index (χ0n) is 17.7.